The van der Waals surface area contributed by atoms with E-state index < -0.39 is 0 Å². The fraction of sp³-hybridized carbons (Fsp3) is 0.160. The second kappa shape index (κ2) is 10.1. The Morgan fingerprint density at radius 2 is 1.45 bits per heavy atom. The quantitative estimate of drug-likeness (QED) is 0.410. The van der Waals surface area contributed by atoms with Crippen LogP contribution in [-0.4, -0.2) is 25.9 Å². The van der Waals surface area contributed by atoms with Gasteiger partial charge >= 0.3 is 0 Å². The third-order valence-electron chi connectivity index (χ3n) is 4.89. The summed E-state index contributed by atoms with van der Waals surface area (Å²) >= 11 is 1.43. The molecule has 4 aromatic rings. The highest BCUT2D eigenvalue weighted by atomic mass is 32.2. The van der Waals surface area contributed by atoms with E-state index in [1.54, 1.807) is 0 Å². The number of nitrogens with one attached hydrogen (secondary N) is 1. The molecule has 0 aliphatic carbocycles. The molecule has 0 spiro atoms. The second-order valence-electron chi connectivity index (χ2n) is 7.21. The van der Waals surface area contributed by atoms with Gasteiger partial charge in [0.15, 0.2) is 11.0 Å². The van der Waals surface area contributed by atoms with E-state index in [1.165, 1.54) is 11.8 Å². The van der Waals surface area contributed by atoms with Crippen LogP contribution in [0.15, 0.2) is 96.2 Å². The Morgan fingerprint density at radius 1 is 0.871 bits per heavy atom. The molecule has 4 rings (SSSR count). The summed E-state index contributed by atoms with van der Waals surface area (Å²) in [7, 11) is 0. The zero-order valence-electron chi connectivity index (χ0n) is 17.3. The molecule has 1 N–H and O–H groups in total. The lowest BCUT2D eigenvalue weighted by molar-refractivity contribution is -0.120. The molecule has 1 heterocycles. The smallest absolute Gasteiger partial charge is 0.233 e. The van der Waals surface area contributed by atoms with Crippen LogP contribution in [0.1, 0.15) is 18.1 Å². The normalized spacial score (nSPS) is 11.8. The number of amides is 1. The molecule has 156 valence electrons. The Kier molecular flexibility index (Phi) is 6.79. The van der Waals surface area contributed by atoms with Gasteiger partial charge in [0.1, 0.15) is 0 Å². The summed E-state index contributed by atoms with van der Waals surface area (Å²) in [5.41, 5.74) is 3.23. The SMILES string of the molecule is CC(Sc1nnc(-c2ccccc2)n1Cc1ccccc1)C(=O)NCc1ccccc1. The van der Waals surface area contributed by atoms with Crippen molar-refractivity contribution in [2.45, 2.75) is 30.4 Å². The number of benzene rings is 3. The summed E-state index contributed by atoms with van der Waals surface area (Å²) in [4.78, 5) is 12.7. The van der Waals surface area contributed by atoms with E-state index >= 15 is 0 Å². The van der Waals surface area contributed by atoms with Crippen LogP contribution in [-0.2, 0) is 17.9 Å². The Labute approximate surface area is 186 Å². The van der Waals surface area contributed by atoms with E-state index in [4.69, 9.17) is 0 Å². The standard InChI is InChI=1S/C25H24N4OS/c1-19(24(30)26-17-20-11-5-2-6-12-20)31-25-28-27-23(22-15-9-4-10-16-22)29(25)18-21-13-7-3-8-14-21/h2-16,19H,17-18H2,1H3,(H,26,30). The minimum absolute atomic E-state index is 0.0237. The second-order valence-corrected chi connectivity index (χ2v) is 8.52. The van der Waals surface area contributed by atoms with E-state index in [2.05, 4.69) is 32.2 Å². The molecule has 0 bridgehead atoms. The minimum Gasteiger partial charge on any atom is -0.351 e. The fourth-order valence-corrected chi connectivity index (χ4v) is 4.10. The van der Waals surface area contributed by atoms with Crippen molar-refractivity contribution in [3.63, 3.8) is 0 Å². The van der Waals surface area contributed by atoms with Crippen LogP contribution in [0.3, 0.4) is 0 Å². The number of thioether (sulfide) groups is 1. The number of carbonyl (C=O) groups excluding carboxylic acids is 1. The molecule has 0 aliphatic heterocycles. The fourth-order valence-electron chi connectivity index (χ4n) is 3.23. The van der Waals surface area contributed by atoms with Crippen LogP contribution >= 0.6 is 11.8 Å². The van der Waals surface area contributed by atoms with Crippen molar-refractivity contribution in [2.24, 2.45) is 0 Å². The van der Waals surface area contributed by atoms with Crippen LogP contribution < -0.4 is 5.32 Å². The molecule has 0 saturated heterocycles. The van der Waals surface area contributed by atoms with Gasteiger partial charge in [0.25, 0.3) is 0 Å². The van der Waals surface area contributed by atoms with Crippen molar-refractivity contribution < 1.29 is 4.79 Å². The van der Waals surface area contributed by atoms with Gasteiger partial charge in [-0.15, -0.1) is 10.2 Å². The van der Waals surface area contributed by atoms with Crippen molar-refractivity contribution in [1.29, 1.82) is 0 Å². The maximum absolute atomic E-state index is 12.7. The number of aromatic nitrogens is 3. The summed E-state index contributed by atoms with van der Waals surface area (Å²) in [6.45, 7) is 3.05. The molecule has 5 nitrogen and oxygen atoms in total. The first-order valence-electron chi connectivity index (χ1n) is 10.2. The Balaban J connectivity index is 1.53. The van der Waals surface area contributed by atoms with Crippen LogP contribution in [0, 0.1) is 0 Å². The van der Waals surface area contributed by atoms with Crippen molar-refractivity contribution in [3.05, 3.63) is 102 Å². The molecule has 1 atom stereocenters. The molecule has 0 fully saturated rings. The van der Waals surface area contributed by atoms with E-state index in [9.17, 15) is 4.79 Å². The molecule has 1 unspecified atom stereocenters. The number of hydrogen-bond acceptors (Lipinski definition) is 4. The Hall–Kier alpha value is -3.38. The van der Waals surface area contributed by atoms with Gasteiger partial charge in [0, 0.05) is 12.1 Å². The van der Waals surface area contributed by atoms with Crippen LogP contribution in [0.2, 0.25) is 0 Å². The third-order valence-corrected chi connectivity index (χ3v) is 5.97. The number of carbonyl (C=O) groups is 1. The Morgan fingerprint density at radius 3 is 2.10 bits per heavy atom. The first-order valence-corrected chi connectivity index (χ1v) is 11.1. The molecule has 0 aliphatic rings. The van der Waals surface area contributed by atoms with Gasteiger partial charge in [-0.1, -0.05) is 103 Å². The molecule has 31 heavy (non-hydrogen) atoms. The number of hydrogen-bond donors (Lipinski definition) is 1. The van der Waals surface area contributed by atoms with Gasteiger partial charge in [0.2, 0.25) is 5.91 Å². The average molecular weight is 429 g/mol. The Bertz CT molecular complexity index is 1110. The lowest BCUT2D eigenvalue weighted by Crippen LogP contribution is -2.30. The van der Waals surface area contributed by atoms with Crippen molar-refractivity contribution in [2.75, 3.05) is 0 Å². The zero-order chi connectivity index (χ0) is 21.5. The molecule has 0 radical (unpaired) electrons. The predicted octanol–water partition coefficient (Wildman–Crippen LogP) is 4.79. The maximum Gasteiger partial charge on any atom is 0.233 e. The van der Waals surface area contributed by atoms with Crippen molar-refractivity contribution in [1.82, 2.24) is 20.1 Å². The van der Waals surface area contributed by atoms with Gasteiger partial charge in [-0.25, -0.2) is 0 Å². The lowest BCUT2D eigenvalue weighted by Gasteiger charge is -2.14. The zero-order valence-corrected chi connectivity index (χ0v) is 18.1. The predicted molar refractivity (Wildman–Crippen MR) is 125 cm³/mol. The highest BCUT2D eigenvalue weighted by Gasteiger charge is 2.21. The first kappa shape index (κ1) is 20.9. The summed E-state index contributed by atoms with van der Waals surface area (Å²) in [6.07, 6.45) is 0. The van der Waals surface area contributed by atoms with Gasteiger partial charge in [0.05, 0.1) is 11.8 Å². The summed E-state index contributed by atoms with van der Waals surface area (Å²) in [6, 6.07) is 30.1. The van der Waals surface area contributed by atoms with Crippen LogP contribution in [0.5, 0.6) is 0 Å². The molecular formula is C25H24N4OS. The molecule has 6 heteroatoms. The molecule has 0 saturated carbocycles. The van der Waals surface area contributed by atoms with Gasteiger partial charge in [-0.05, 0) is 18.1 Å². The van der Waals surface area contributed by atoms with Gasteiger partial charge in [-0.2, -0.15) is 0 Å². The molecule has 3 aromatic carbocycles. The van der Waals surface area contributed by atoms with E-state index in [0.29, 0.717) is 13.1 Å². The lowest BCUT2D eigenvalue weighted by atomic mass is 10.2. The maximum atomic E-state index is 12.7. The number of rotatable bonds is 8. The molecular weight excluding hydrogens is 404 g/mol. The van der Waals surface area contributed by atoms with Crippen molar-refractivity contribution in [3.8, 4) is 11.4 Å². The minimum atomic E-state index is -0.300. The highest BCUT2D eigenvalue weighted by Crippen LogP contribution is 2.27. The summed E-state index contributed by atoms with van der Waals surface area (Å²) in [5, 5.41) is 12.3. The highest BCUT2D eigenvalue weighted by molar-refractivity contribution is 8.00. The molecule has 1 aromatic heterocycles. The van der Waals surface area contributed by atoms with Gasteiger partial charge in [-0.3, -0.25) is 9.36 Å². The van der Waals surface area contributed by atoms with Crippen LogP contribution in [0.4, 0.5) is 0 Å². The topological polar surface area (TPSA) is 59.8 Å². The summed E-state index contributed by atoms with van der Waals surface area (Å²) in [5.74, 6) is 0.772. The average Bonchev–Trinajstić information content (AvgIpc) is 3.21. The van der Waals surface area contributed by atoms with Crippen molar-refractivity contribution >= 4 is 17.7 Å². The van der Waals surface area contributed by atoms with E-state index in [1.807, 2.05) is 85.8 Å². The monoisotopic (exact) mass is 428 g/mol. The van der Waals surface area contributed by atoms with Crippen LogP contribution in [0.25, 0.3) is 11.4 Å². The van der Waals surface area contributed by atoms with E-state index in [-0.39, 0.29) is 11.2 Å². The third kappa shape index (κ3) is 5.41. The molecule has 1 amide bonds. The first-order chi connectivity index (χ1) is 15.2. The number of nitrogens with zero attached hydrogens (tertiary/aromatic N) is 3. The summed E-state index contributed by atoms with van der Waals surface area (Å²) < 4.78 is 2.08. The van der Waals surface area contributed by atoms with E-state index in [0.717, 1.165) is 27.7 Å². The largest absolute Gasteiger partial charge is 0.351 e. The van der Waals surface area contributed by atoms with Gasteiger partial charge < -0.3 is 5.32 Å².